The molecule has 211 valence electrons. The summed E-state index contributed by atoms with van der Waals surface area (Å²) in [6.45, 7) is 1.95. The van der Waals surface area contributed by atoms with Crippen LogP contribution in [0.5, 0.6) is 0 Å². The monoisotopic (exact) mass is 739 g/mol. The fraction of sp³-hybridized carbons (Fsp3) is 0.0278. The molecule has 0 amide bonds. The van der Waals surface area contributed by atoms with E-state index in [-0.39, 0.29) is 25.9 Å². The van der Waals surface area contributed by atoms with Gasteiger partial charge in [-0.05, 0) is 49.0 Å². The molecule has 0 fully saturated rings. The minimum atomic E-state index is -0.328. The summed E-state index contributed by atoms with van der Waals surface area (Å²) in [5.41, 5.74) is 7.48. The molecule has 8 rings (SSSR count). The molecule has 0 saturated heterocycles. The third kappa shape index (κ3) is 5.36. The van der Waals surface area contributed by atoms with Crippen LogP contribution < -0.4 is 0 Å². The van der Waals surface area contributed by atoms with Crippen molar-refractivity contribution in [2.24, 2.45) is 0 Å². The Labute approximate surface area is 261 Å². The minimum absolute atomic E-state index is 0. The number of aromatic nitrogens is 4. The molecule has 0 aliphatic rings. The second-order valence-corrected chi connectivity index (χ2v) is 9.70. The van der Waals surface area contributed by atoms with Gasteiger partial charge in [0.2, 0.25) is 0 Å². The van der Waals surface area contributed by atoms with E-state index in [0.29, 0.717) is 17.0 Å². The first kappa shape index (κ1) is 28.2. The zero-order chi connectivity index (χ0) is 28.5. The first-order valence-corrected chi connectivity index (χ1v) is 13.5. The SMILES string of the molecule is Cc1nccc2c1nc(-c1[c-]ccc3c1oc1cc(F)ccc13)n2-c1ccccc1.[Ir].[c-]1ccccc1-c1ccccn1. The third-order valence-electron chi connectivity index (χ3n) is 7.04. The number of para-hydroxylation sites is 1. The number of halogens is 1. The van der Waals surface area contributed by atoms with Gasteiger partial charge in [-0.3, -0.25) is 9.97 Å². The van der Waals surface area contributed by atoms with Crippen molar-refractivity contribution in [2.45, 2.75) is 6.92 Å². The van der Waals surface area contributed by atoms with Crippen molar-refractivity contribution >= 4 is 33.0 Å². The number of benzene rings is 4. The van der Waals surface area contributed by atoms with Gasteiger partial charge in [-0.1, -0.05) is 41.3 Å². The first-order valence-electron chi connectivity index (χ1n) is 13.5. The molecule has 0 bridgehead atoms. The molecule has 4 heterocycles. The molecule has 8 aromatic rings. The summed E-state index contributed by atoms with van der Waals surface area (Å²) < 4.78 is 21.9. The van der Waals surface area contributed by atoms with Crippen molar-refractivity contribution in [3.05, 3.63) is 145 Å². The van der Waals surface area contributed by atoms with E-state index in [2.05, 4.69) is 26.7 Å². The van der Waals surface area contributed by atoms with Gasteiger partial charge in [0.1, 0.15) is 11.4 Å². The summed E-state index contributed by atoms with van der Waals surface area (Å²) in [6.07, 6.45) is 3.58. The van der Waals surface area contributed by atoms with Crippen LogP contribution >= 0.6 is 0 Å². The number of pyridine rings is 2. The Morgan fingerprint density at radius 2 is 1.60 bits per heavy atom. The number of furan rings is 1. The van der Waals surface area contributed by atoms with Gasteiger partial charge in [-0.2, -0.15) is 0 Å². The number of hydrogen-bond donors (Lipinski definition) is 0. The Hall–Kier alpha value is -4.97. The van der Waals surface area contributed by atoms with Crippen LogP contribution in [0.2, 0.25) is 0 Å². The molecule has 4 aromatic heterocycles. The van der Waals surface area contributed by atoms with Crippen LogP contribution in [-0.2, 0) is 20.1 Å². The maximum atomic E-state index is 13.8. The Bertz CT molecular complexity index is 2120. The van der Waals surface area contributed by atoms with E-state index < -0.39 is 0 Å². The zero-order valence-electron chi connectivity index (χ0n) is 23.0. The average molecular weight is 739 g/mol. The van der Waals surface area contributed by atoms with E-state index in [4.69, 9.17) is 9.40 Å². The second kappa shape index (κ2) is 12.1. The molecule has 0 aliphatic heterocycles. The molecule has 4 aromatic carbocycles. The normalized spacial score (nSPS) is 10.8. The molecule has 0 saturated carbocycles. The van der Waals surface area contributed by atoms with Gasteiger partial charge in [0.15, 0.2) is 0 Å². The Morgan fingerprint density at radius 3 is 2.40 bits per heavy atom. The number of rotatable bonds is 3. The molecule has 0 spiro atoms. The van der Waals surface area contributed by atoms with Gasteiger partial charge >= 0.3 is 0 Å². The first-order chi connectivity index (χ1) is 20.7. The van der Waals surface area contributed by atoms with Crippen LogP contribution in [0.25, 0.3) is 61.3 Å². The molecular formula is C36H23FIrN4O-2. The minimum Gasteiger partial charge on any atom is -0.500 e. The predicted octanol–water partition coefficient (Wildman–Crippen LogP) is 8.78. The van der Waals surface area contributed by atoms with E-state index in [0.717, 1.165) is 50.0 Å². The van der Waals surface area contributed by atoms with E-state index in [9.17, 15) is 4.39 Å². The quantitative estimate of drug-likeness (QED) is 0.170. The maximum Gasteiger partial charge on any atom is 0.126 e. The van der Waals surface area contributed by atoms with Crippen LogP contribution in [0.4, 0.5) is 4.39 Å². The van der Waals surface area contributed by atoms with Gasteiger partial charge < -0.3 is 14.0 Å². The molecule has 0 unspecified atom stereocenters. The molecule has 0 aliphatic carbocycles. The zero-order valence-corrected chi connectivity index (χ0v) is 25.4. The molecule has 5 nitrogen and oxygen atoms in total. The van der Waals surface area contributed by atoms with Crippen LogP contribution in [-0.4, -0.2) is 19.5 Å². The summed E-state index contributed by atoms with van der Waals surface area (Å²) in [4.78, 5) is 13.6. The van der Waals surface area contributed by atoms with Crippen LogP contribution in [0.1, 0.15) is 5.69 Å². The van der Waals surface area contributed by atoms with Crippen molar-refractivity contribution in [2.75, 3.05) is 0 Å². The summed E-state index contributed by atoms with van der Waals surface area (Å²) >= 11 is 0. The Morgan fingerprint density at radius 1 is 0.767 bits per heavy atom. The number of fused-ring (bicyclic) bond motifs is 4. The van der Waals surface area contributed by atoms with E-state index in [1.54, 1.807) is 18.5 Å². The van der Waals surface area contributed by atoms with Crippen LogP contribution in [0.3, 0.4) is 0 Å². The van der Waals surface area contributed by atoms with Crippen LogP contribution in [0.15, 0.2) is 126 Å². The third-order valence-corrected chi connectivity index (χ3v) is 7.04. The van der Waals surface area contributed by atoms with E-state index in [1.165, 1.54) is 12.1 Å². The van der Waals surface area contributed by atoms with Gasteiger partial charge in [0, 0.05) is 49.6 Å². The number of nitrogens with zero attached hydrogens (tertiary/aromatic N) is 4. The summed E-state index contributed by atoms with van der Waals surface area (Å²) in [7, 11) is 0. The summed E-state index contributed by atoms with van der Waals surface area (Å²) in [6, 6.07) is 40.5. The number of aryl methyl sites for hydroxylation is 1. The van der Waals surface area contributed by atoms with Crippen LogP contribution in [0, 0.1) is 24.9 Å². The molecule has 0 N–H and O–H groups in total. The van der Waals surface area contributed by atoms with Crippen molar-refractivity contribution in [3.63, 3.8) is 0 Å². The maximum absolute atomic E-state index is 13.8. The molecule has 0 atom stereocenters. The van der Waals surface area contributed by atoms with E-state index in [1.807, 2.05) is 97.9 Å². The van der Waals surface area contributed by atoms with E-state index >= 15 is 0 Å². The molecule has 1 radical (unpaired) electrons. The smallest absolute Gasteiger partial charge is 0.126 e. The van der Waals surface area contributed by atoms with Crippen molar-refractivity contribution < 1.29 is 28.9 Å². The number of imidazole rings is 1. The van der Waals surface area contributed by atoms with Gasteiger partial charge in [0.25, 0.3) is 0 Å². The van der Waals surface area contributed by atoms with Gasteiger partial charge in [0.05, 0.1) is 28.1 Å². The topological polar surface area (TPSA) is 56.7 Å². The van der Waals surface area contributed by atoms with Gasteiger partial charge in [-0.25, -0.2) is 4.39 Å². The summed E-state index contributed by atoms with van der Waals surface area (Å²) in [5, 5.41) is 1.77. The standard InChI is InChI=1S/C25H15FN3O.C11H8N.Ir/c1-15-23-21(12-13-27-15)29(17-6-3-2-4-7-17)25(28-23)20-9-5-8-19-18-11-10-16(26)14-22(18)30-24(19)20;1-2-6-10(7-3-1)11-8-4-5-9-12-11;/h2-8,10-14H,1H3;1-6,8-9H;/q2*-1;. The van der Waals surface area contributed by atoms with Crippen molar-refractivity contribution in [3.8, 4) is 28.3 Å². The fourth-order valence-corrected chi connectivity index (χ4v) is 5.10. The van der Waals surface area contributed by atoms with Gasteiger partial charge in [-0.15, -0.1) is 54.1 Å². The van der Waals surface area contributed by atoms with Crippen molar-refractivity contribution in [1.29, 1.82) is 0 Å². The number of hydrogen-bond acceptors (Lipinski definition) is 4. The predicted molar refractivity (Wildman–Crippen MR) is 164 cm³/mol. The second-order valence-electron chi connectivity index (χ2n) is 9.70. The summed E-state index contributed by atoms with van der Waals surface area (Å²) in [5.74, 6) is 0.378. The van der Waals surface area contributed by atoms with Crippen molar-refractivity contribution in [1.82, 2.24) is 19.5 Å². The molecular weight excluding hydrogens is 716 g/mol. The molecule has 7 heteroatoms. The largest absolute Gasteiger partial charge is 0.500 e. The Balaban J connectivity index is 0.000000213. The average Bonchev–Trinajstić information content (AvgIpc) is 3.62. The fourth-order valence-electron chi connectivity index (χ4n) is 5.10. The Kier molecular flexibility index (Phi) is 7.92. The molecule has 43 heavy (non-hydrogen) atoms.